The highest BCUT2D eigenvalue weighted by Crippen LogP contribution is 2.18. The van der Waals surface area contributed by atoms with Gasteiger partial charge in [0.05, 0.1) is 30.3 Å². The van der Waals surface area contributed by atoms with Gasteiger partial charge in [-0.25, -0.2) is 4.98 Å². The van der Waals surface area contributed by atoms with Crippen molar-refractivity contribution in [2.75, 3.05) is 13.1 Å². The van der Waals surface area contributed by atoms with Gasteiger partial charge in [-0.2, -0.15) is 0 Å². The molecule has 0 aromatic carbocycles. The van der Waals surface area contributed by atoms with Gasteiger partial charge in [0, 0.05) is 25.3 Å². The van der Waals surface area contributed by atoms with Gasteiger partial charge in [0.2, 0.25) is 0 Å². The maximum atomic E-state index is 9.91. The molecule has 0 aliphatic carbocycles. The molecule has 2 heterocycles. The second-order valence-corrected chi connectivity index (χ2v) is 4.96. The number of aromatic nitrogens is 2. The van der Waals surface area contributed by atoms with Crippen LogP contribution in [0.1, 0.15) is 25.2 Å². The van der Waals surface area contributed by atoms with Crippen LogP contribution in [0.15, 0.2) is 6.33 Å². The van der Waals surface area contributed by atoms with Gasteiger partial charge in [0.1, 0.15) is 0 Å². The first kappa shape index (κ1) is 12.5. The van der Waals surface area contributed by atoms with Crippen molar-refractivity contribution in [1.82, 2.24) is 14.9 Å². The lowest BCUT2D eigenvalue weighted by atomic mass is 10.2. The summed E-state index contributed by atoms with van der Waals surface area (Å²) < 4.78 is 5.68. The van der Waals surface area contributed by atoms with E-state index in [1.54, 1.807) is 6.33 Å². The predicted molar refractivity (Wildman–Crippen MR) is 64.6 cm³/mol. The van der Waals surface area contributed by atoms with Gasteiger partial charge in [-0.15, -0.1) is 0 Å². The molecule has 0 bridgehead atoms. The van der Waals surface area contributed by atoms with E-state index in [1.165, 1.54) is 0 Å². The lowest BCUT2D eigenvalue weighted by Crippen LogP contribution is -2.29. The van der Waals surface area contributed by atoms with Crippen molar-refractivity contribution in [2.24, 2.45) is 0 Å². The molecule has 17 heavy (non-hydrogen) atoms. The smallest absolute Gasteiger partial charge is 0.0976 e. The minimum Gasteiger partial charge on any atom is -0.389 e. The Balaban J connectivity index is 1.91. The van der Waals surface area contributed by atoms with Crippen LogP contribution in [0.3, 0.4) is 0 Å². The molecule has 1 saturated heterocycles. The van der Waals surface area contributed by atoms with Crippen LogP contribution in [0.2, 0.25) is 0 Å². The van der Waals surface area contributed by atoms with Crippen molar-refractivity contribution < 1.29 is 9.84 Å². The minimum absolute atomic E-state index is 0.0748. The van der Waals surface area contributed by atoms with E-state index >= 15 is 0 Å². The summed E-state index contributed by atoms with van der Waals surface area (Å²) in [5.41, 5.74) is 2.13. The average Bonchev–Trinajstić information content (AvgIpc) is 2.76. The monoisotopic (exact) mass is 239 g/mol. The molecule has 5 nitrogen and oxygen atoms in total. The number of rotatable bonds is 4. The van der Waals surface area contributed by atoms with Crippen molar-refractivity contribution in [3.63, 3.8) is 0 Å². The maximum absolute atomic E-state index is 9.91. The van der Waals surface area contributed by atoms with Crippen molar-refractivity contribution in [2.45, 2.75) is 45.6 Å². The van der Waals surface area contributed by atoms with E-state index in [0.717, 1.165) is 24.5 Å². The fourth-order valence-corrected chi connectivity index (χ4v) is 2.20. The Hall–Kier alpha value is -0.910. The lowest BCUT2D eigenvalue weighted by molar-refractivity contribution is -0.0396. The quantitative estimate of drug-likeness (QED) is 0.811. The molecule has 1 aromatic rings. The summed E-state index contributed by atoms with van der Waals surface area (Å²) in [5, 5.41) is 9.91. The van der Waals surface area contributed by atoms with Crippen molar-refractivity contribution in [1.29, 1.82) is 0 Å². The van der Waals surface area contributed by atoms with E-state index in [2.05, 4.69) is 14.9 Å². The number of nitrogens with zero attached hydrogens (tertiary/aromatic N) is 2. The Morgan fingerprint density at radius 2 is 2.35 bits per heavy atom. The highest BCUT2D eigenvalue weighted by molar-refractivity contribution is 5.09. The molecule has 96 valence electrons. The molecule has 0 spiro atoms. The fourth-order valence-electron chi connectivity index (χ4n) is 2.20. The molecule has 1 aliphatic rings. The first-order valence-electron chi connectivity index (χ1n) is 6.11. The third-order valence-corrected chi connectivity index (χ3v) is 3.07. The first-order chi connectivity index (χ1) is 8.06. The standard InChI is InChI=1S/C12H21N3O2/c1-8(2)17-12-6-15(5-11(12)16)4-10-9(3)13-7-14-10/h7-8,11-12,16H,4-6H2,1-3H3,(H,13,14)/t11-,12-/m0/s1. The molecule has 2 rings (SSSR count). The summed E-state index contributed by atoms with van der Waals surface area (Å²) in [6.07, 6.45) is 1.40. The van der Waals surface area contributed by atoms with Gasteiger partial charge >= 0.3 is 0 Å². The number of H-pyrrole nitrogens is 1. The number of nitrogens with one attached hydrogen (secondary N) is 1. The van der Waals surface area contributed by atoms with E-state index in [1.807, 2.05) is 20.8 Å². The van der Waals surface area contributed by atoms with Crippen LogP contribution < -0.4 is 0 Å². The highest BCUT2D eigenvalue weighted by atomic mass is 16.5. The fraction of sp³-hybridized carbons (Fsp3) is 0.750. The van der Waals surface area contributed by atoms with Crippen LogP contribution >= 0.6 is 0 Å². The predicted octanol–water partition coefficient (Wildman–Crippen LogP) is 0.688. The summed E-state index contributed by atoms with van der Waals surface area (Å²) >= 11 is 0. The van der Waals surface area contributed by atoms with Crippen molar-refractivity contribution >= 4 is 0 Å². The maximum Gasteiger partial charge on any atom is 0.0976 e. The van der Waals surface area contributed by atoms with E-state index in [0.29, 0.717) is 6.54 Å². The number of hydrogen-bond donors (Lipinski definition) is 2. The average molecular weight is 239 g/mol. The van der Waals surface area contributed by atoms with Crippen LogP contribution in [0, 0.1) is 6.92 Å². The zero-order valence-electron chi connectivity index (χ0n) is 10.7. The zero-order valence-corrected chi connectivity index (χ0v) is 10.7. The number of aliphatic hydroxyl groups excluding tert-OH is 1. The number of β-amino-alcohol motifs (C(OH)–C–C–N with tert-alkyl or cyclic N) is 1. The molecule has 1 fully saturated rings. The number of aliphatic hydroxyl groups is 1. The number of imidazole rings is 1. The number of likely N-dealkylation sites (tertiary alicyclic amines) is 1. The van der Waals surface area contributed by atoms with Gasteiger partial charge in [0.25, 0.3) is 0 Å². The second kappa shape index (κ2) is 5.16. The Bertz CT molecular complexity index is 364. The SMILES string of the molecule is Cc1[nH]cnc1CN1C[C@H](OC(C)C)[C@@H](O)C1. The molecule has 0 saturated carbocycles. The van der Waals surface area contributed by atoms with Crippen molar-refractivity contribution in [3.8, 4) is 0 Å². The minimum atomic E-state index is -0.392. The van der Waals surface area contributed by atoms with Crippen LogP contribution in [0.5, 0.6) is 0 Å². The summed E-state index contributed by atoms with van der Waals surface area (Å²) in [7, 11) is 0. The van der Waals surface area contributed by atoms with E-state index in [4.69, 9.17) is 4.74 Å². The molecule has 0 radical (unpaired) electrons. The molecule has 0 amide bonds. The lowest BCUT2D eigenvalue weighted by Gasteiger charge is -2.18. The Morgan fingerprint density at radius 1 is 1.59 bits per heavy atom. The van der Waals surface area contributed by atoms with E-state index < -0.39 is 6.10 Å². The molecule has 2 atom stereocenters. The van der Waals surface area contributed by atoms with Gasteiger partial charge in [-0.05, 0) is 20.8 Å². The van der Waals surface area contributed by atoms with Gasteiger partial charge in [-0.3, -0.25) is 4.90 Å². The molecule has 1 aliphatic heterocycles. The van der Waals surface area contributed by atoms with Crippen LogP contribution in [-0.4, -0.2) is 51.4 Å². The molecule has 2 N–H and O–H groups in total. The van der Waals surface area contributed by atoms with Gasteiger partial charge < -0.3 is 14.8 Å². The van der Waals surface area contributed by atoms with Gasteiger partial charge in [0.15, 0.2) is 0 Å². The normalized spacial score (nSPS) is 25.9. The summed E-state index contributed by atoms with van der Waals surface area (Å²) in [4.78, 5) is 9.52. The van der Waals surface area contributed by atoms with Crippen LogP contribution in [-0.2, 0) is 11.3 Å². The summed E-state index contributed by atoms with van der Waals surface area (Å²) in [6, 6.07) is 0. The van der Waals surface area contributed by atoms with Crippen LogP contribution in [0.4, 0.5) is 0 Å². The molecule has 5 heteroatoms. The Labute approximate surface area is 102 Å². The summed E-state index contributed by atoms with van der Waals surface area (Å²) in [5.74, 6) is 0. The number of ether oxygens (including phenoxy) is 1. The zero-order chi connectivity index (χ0) is 12.4. The van der Waals surface area contributed by atoms with Crippen LogP contribution in [0.25, 0.3) is 0 Å². The highest BCUT2D eigenvalue weighted by Gasteiger charge is 2.32. The van der Waals surface area contributed by atoms with Gasteiger partial charge in [-0.1, -0.05) is 0 Å². The summed E-state index contributed by atoms with van der Waals surface area (Å²) in [6.45, 7) is 8.19. The topological polar surface area (TPSA) is 61.4 Å². The number of hydrogen-bond acceptors (Lipinski definition) is 4. The Kier molecular flexibility index (Phi) is 3.81. The molecular weight excluding hydrogens is 218 g/mol. The number of aromatic amines is 1. The first-order valence-corrected chi connectivity index (χ1v) is 6.11. The molecule has 1 aromatic heterocycles. The largest absolute Gasteiger partial charge is 0.389 e. The van der Waals surface area contributed by atoms with Crippen molar-refractivity contribution in [3.05, 3.63) is 17.7 Å². The second-order valence-electron chi connectivity index (χ2n) is 4.96. The van der Waals surface area contributed by atoms with E-state index in [9.17, 15) is 5.11 Å². The third-order valence-electron chi connectivity index (χ3n) is 3.07. The molecular formula is C12H21N3O2. The number of aryl methyl sites for hydroxylation is 1. The molecule has 0 unspecified atom stereocenters. The Morgan fingerprint density at radius 3 is 2.94 bits per heavy atom. The van der Waals surface area contributed by atoms with E-state index in [-0.39, 0.29) is 12.2 Å². The third kappa shape index (κ3) is 3.06.